The lowest BCUT2D eigenvalue weighted by Crippen LogP contribution is -2.68. The van der Waals surface area contributed by atoms with Crippen molar-refractivity contribution in [3.63, 3.8) is 0 Å². The van der Waals surface area contributed by atoms with Gasteiger partial charge in [0.1, 0.15) is 18.3 Å². The summed E-state index contributed by atoms with van der Waals surface area (Å²) in [6.45, 7) is 5.01. The number of carbonyl (C=O) groups excluding carboxylic acids is 2. The average Bonchev–Trinajstić information content (AvgIpc) is 3.00. The Labute approximate surface area is 242 Å². The van der Waals surface area contributed by atoms with Gasteiger partial charge >= 0.3 is 0 Å². The van der Waals surface area contributed by atoms with Gasteiger partial charge in [0.25, 0.3) is 5.91 Å². The lowest BCUT2D eigenvalue weighted by Gasteiger charge is -2.46. The van der Waals surface area contributed by atoms with Crippen molar-refractivity contribution < 1.29 is 28.5 Å². The van der Waals surface area contributed by atoms with Crippen LogP contribution in [-0.4, -0.2) is 55.4 Å². The minimum atomic E-state index is -0.992. The minimum Gasteiger partial charge on any atom is -0.374 e. The van der Waals surface area contributed by atoms with E-state index in [0.29, 0.717) is 19.8 Å². The Hall–Kier alpha value is -3.56. The number of carbonyl (C=O) groups is 2. The molecule has 8 heteroatoms. The number of ether oxygens (including phenoxy) is 4. The van der Waals surface area contributed by atoms with Crippen LogP contribution in [0.2, 0.25) is 0 Å². The highest BCUT2D eigenvalue weighted by molar-refractivity contribution is 5.83. The highest BCUT2D eigenvalue weighted by Crippen LogP contribution is 2.29. The molecule has 8 nitrogen and oxygen atoms in total. The van der Waals surface area contributed by atoms with Gasteiger partial charge in [0.2, 0.25) is 5.91 Å². The van der Waals surface area contributed by atoms with E-state index in [9.17, 15) is 9.59 Å². The smallest absolute Gasteiger partial charge is 0.251 e. The molecule has 2 amide bonds. The summed E-state index contributed by atoms with van der Waals surface area (Å²) in [5, 5.41) is 5.86. The summed E-state index contributed by atoms with van der Waals surface area (Å²) in [4.78, 5) is 25.8. The molecule has 41 heavy (non-hydrogen) atoms. The normalized spacial score (nSPS) is 22.1. The van der Waals surface area contributed by atoms with Gasteiger partial charge in [-0.25, -0.2) is 0 Å². The Morgan fingerprint density at radius 3 is 1.78 bits per heavy atom. The molecule has 0 bridgehead atoms. The number of hydrogen-bond donors (Lipinski definition) is 2. The Morgan fingerprint density at radius 1 is 0.756 bits per heavy atom. The lowest BCUT2D eigenvalue weighted by atomic mass is 9.91. The maximum atomic E-state index is 13.4. The first-order valence-corrected chi connectivity index (χ1v) is 14.2. The van der Waals surface area contributed by atoms with Crippen LogP contribution in [0.1, 0.15) is 37.0 Å². The summed E-state index contributed by atoms with van der Waals surface area (Å²) < 4.78 is 25.5. The molecule has 1 aliphatic rings. The molecule has 3 aromatic rings. The van der Waals surface area contributed by atoms with Crippen LogP contribution in [0.15, 0.2) is 91.0 Å². The number of hydrogen-bond acceptors (Lipinski definition) is 6. The molecule has 218 valence electrons. The van der Waals surface area contributed by atoms with E-state index in [4.69, 9.17) is 18.9 Å². The number of rotatable bonds is 14. The van der Waals surface area contributed by atoms with Crippen molar-refractivity contribution in [2.24, 2.45) is 0 Å². The molecule has 0 aromatic heterocycles. The van der Waals surface area contributed by atoms with E-state index >= 15 is 0 Å². The molecule has 0 aliphatic carbocycles. The van der Waals surface area contributed by atoms with Gasteiger partial charge in [-0.1, -0.05) is 97.9 Å². The number of nitrogens with one attached hydrogen (secondary N) is 2. The van der Waals surface area contributed by atoms with Crippen LogP contribution < -0.4 is 10.6 Å². The first-order valence-electron chi connectivity index (χ1n) is 14.2. The summed E-state index contributed by atoms with van der Waals surface area (Å²) in [5.41, 5.74) is 2.97. The standard InChI is InChI=1S/C33H40N2O6/c1-3-19-34-33(37)32-29(35-24(2)36)31(40-22-27-17-11-6-12-18-27)30(39-21-26-15-9-5-10-16-26)28(41-32)23-38-20-25-13-7-4-8-14-25/h4-18,28-32H,3,19-23H2,1-2H3,(H,34,37)(H,35,36)/t28-,29-,30-,31-,32-/m1/s1. The van der Waals surface area contributed by atoms with Gasteiger partial charge in [-0.3, -0.25) is 9.59 Å². The monoisotopic (exact) mass is 560 g/mol. The Morgan fingerprint density at radius 2 is 1.27 bits per heavy atom. The second-order valence-corrected chi connectivity index (χ2v) is 10.1. The lowest BCUT2D eigenvalue weighted by molar-refractivity contribution is -0.230. The van der Waals surface area contributed by atoms with Crippen LogP contribution in [0.25, 0.3) is 0 Å². The third-order valence-electron chi connectivity index (χ3n) is 6.83. The highest BCUT2D eigenvalue weighted by atomic mass is 16.6. The number of amides is 2. The van der Waals surface area contributed by atoms with Gasteiger partial charge < -0.3 is 29.6 Å². The third kappa shape index (κ3) is 9.23. The molecular formula is C33H40N2O6. The second kappa shape index (κ2) is 16.0. The fraction of sp³-hybridized carbons (Fsp3) is 0.394. The van der Waals surface area contributed by atoms with Crippen LogP contribution in [0.5, 0.6) is 0 Å². The fourth-order valence-corrected chi connectivity index (χ4v) is 4.84. The van der Waals surface area contributed by atoms with Crippen molar-refractivity contribution in [2.75, 3.05) is 13.2 Å². The third-order valence-corrected chi connectivity index (χ3v) is 6.83. The van der Waals surface area contributed by atoms with Gasteiger partial charge in [-0.15, -0.1) is 0 Å². The largest absolute Gasteiger partial charge is 0.374 e. The minimum absolute atomic E-state index is 0.171. The molecule has 1 fully saturated rings. The average molecular weight is 561 g/mol. The molecule has 0 saturated carbocycles. The van der Waals surface area contributed by atoms with Gasteiger partial charge in [0, 0.05) is 13.5 Å². The number of benzene rings is 3. The SMILES string of the molecule is CCCNC(=O)[C@@H]1O[C@H](COCc2ccccc2)[C@@H](OCc2ccccc2)[C@H](OCc2ccccc2)[C@H]1NC(C)=O. The quantitative estimate of drug-likeness (QED) is 0.307. The van der Waals surface area contributed by atoms with Crippen molar-refractivity contribution in [1.82, 2.24) is 10.6 Å². The summed E-state index contributed by atoms with van der Waals surface area (Å²) in [6, 6.07) is 28.7. The van der Waals surface area contributed by atoms with Crippen molar-refractivity contribution in [1.29, 1.82) is 0 Å². The maximum absolute atomic E-state index is 13.4. The second-order valence-electron chi connectivity index (χ2n) is 10.1. The van der Waals surface area contributed by atoms with Gasteiger partial charge in [-0.05, 0) is 23.1 Å². The zero-order valence-corrected chi connectivity index (χ0v) is 23.7. The van der Waals surface area contributed by atoms with Crippen LogP contribution in [0.4, 0.5) is 0 Å². The molecule has 4 rings (SSSR count). The van der Waals surface area contributed by atoms with Crippen LogP contribution >= 0.6 is 0 Å². The molecule has 5 atom stereocenters. The van der Waals surface area contributed by atoms with Crippen LogP contribution in [0.3, 0.4) is 0 Å². The highest BCUT2D eigenvalue weighted by Gasteiger charge is 2.50. The van der Waals surface area contributed by atoms with Gasteiger partial charge in [0.05, 0.1) is 32.5 Å². The molecule has 1 saturated heterocycles. The molecule has 0 unspecified atom stereocenters. The van der Waals surface area contributed by atoms with E-state index in [1.54, 1.807) is 0 Å². The Kier molecular flexibility index (Phi) is 11.9. The molecule has 3 aromatic carbocycles. The molecule has 2 N–H and O–H groups in total. The van der Waals surface area contributed by atoms with E-state index in [1.807, 2.05) is 97.9 Å². The zero-order chi connectivity index (χ0) is 28.9. The van der Waals surface area contributed by atoms with E-state index in [0.717, 1.165) is 23.1 Å². The fourth-order valence-electron chi connectivity index (χ4n) is 4.84. The predicted molar refractivity (Wildman–Crippen MR) is 156 cm³/mol. The molecule has 0 spiro atoms. The van der Waals surface area contributed by atoms with Crippen molar-refractivity contribution >= 4 is 11.8 Å². The maximum Gasteiger partial charge on any atom is 0.251 e. The van der Waals surface area contributed by atoms with Gasteiger partial charge in [-0.2, -0.15) is 0 Å². The molecule has 1 aliphatic heterocycles. The zero-order valence-electron chi connectivity index (χ0n) is 23.7. The van der Waals surface area contributed by atoms with Crippen LogP contribution in [0, 0.1) is 0 Å². The Balaban J connectivity index is 1.63. The van der Waals surface area contributed by atoms with Crippen molar-refractivity contribution in [3.05, 3.63) is 108 Å². The summed E-state index contributed by atoms with van der Waals surface area (Å²) >= 11 is 0. The van der Waals surface area contributed by atoms with Crippen molar-refractivity contribution in [2.45, 2.75) is 70.5 Å². The summed E-state index contributed by atoms with van der Waals surface area (Å²) in [5.74, 6) is -0.603. The van der Waals surface area contributed by atoms with E-state index < -0.39 is 30.5 Å². The van der Waals surface area contributed by atoms with E-state index in [1.165, 1.54) is 6.92 Å². The molecule has 0 radical (unpaired) electrons. The Bertz CT molecular complexity index is 1190. The van der Waals surface area contributed by atoms with E-state index in [2.05, 4.69) is 10.6 Å². The first-order chi connectivity index (χ1) is 20.0. The van der Waals surface area contributed by atoms with Crippen molar-refractivity contribution in [3.8, 4) is 0 Å². The van der Waals surface area contributed by atoms with Gasteiger partial charge in [0.15, 0.2) is 6.10 Å². The summed E-state index contributed by atoms with van der Waals surface area (Å²) in [7, 11) is 0. The molecular weight excluding hydrogens is 520 g/mol. The predicted octanol–water partition coefficient (Wildman–Crippen LogP) is 4.17. The van der Waals surface area contributed by atoms with Crippen LogP contribution in [-0.2, 0) is 48.4 Å². The topological polar surface area (TPSA) is 95.1 Å². The first kappa shape index (κ1) is 30.4. The summed E-state index contributed by atoms with van der Waals surface area (Å²) in [6.07, 6.45) is -2.19. The van der Waals surface area contributed by atoms with E-state index in [-0.39, 0.29) is 25.0 Å². The molecule has 1 heterocycles.